The van der Waals surface area contributed by atoms with Crippen molar-refractivity contribution in [2.24, 2.45) is 4.99 Å². The molecule has 0 atom stereocenters. The molecule has 2 aromatic carbocycles. The van der Waals surface area contributed by atoms with Gasteiger partial charge in [-0.05, 0) is 36.2 Å². The fourth-order valence-corrected chi connectivity index (χ4v) is 2.43. The normalized spacial score (nSPS) is 10.6. The number of hydrogen-bond acceptors (Lipinski definition) is 2. The van der Waals surface area contributed by atoms with Gasteiger partial charge in [-0.15, -0.1) is 24.0 Å². The Balaban J connectivity index is 0.00000312. The van der Waals surface area contributed by atoms with Crippen LogP contribution >= 0.6 is 35.6 Å². The van der Waals surface area contributed by atoms with Crippen molar-refractivity contribution in [3.8, 4) is 6.07 Å². The second-order valence-corrected chi connectivity index (χ2v) is 5.52. The summed E-state index contributed by atoms with van der Waals surface area (Å²) in [6.45, 7) is 0.886. The summed E-state index contributed by atoms with van der Waals surface area (Å²) in [6, 6.07) is 13.9. The van der Waals surface area contributed by atoms with Crippen LogP contribution in [0.25, 0.3) is 0 Å². The first-order chi connectivity index (χ1) is 11.6. The van der Waals surface area contributed by atoms with E-state index >= 15 is 0 Å². The lowest BCUT2D eigenvalue weighted by Crippen LogP contribution is -2.38. The van der Waals surface area contributed by atoms with Gasteiger partial charge < -0.3 is 10.6 Å². The van der Waals surface area contributed by atoms with Gasteiger partial charge in [-0.3, -0.25) is 4.99 Å². The van der Waals surface area contributed by atoms with Crippen LogP contribution in [0.3, 0.4) is 0 Å². The van der Waals surface area contributed by atoms with E-state index in [2.05, 4.69) is 15.6 Å². The minimum absolute atomic E-state index is 0. The highest BCUT2D eigenvalue weighted by molar-refractivity contribution is 14.0. The molecule has 0 saturated heterocycles. The molecule has 0 bridgehead atoms. The molecule has 0 aliphatic carbocycles. The molecule has 7 heteroatoms. The molecule has 132 valence electrons. The van der Waals surface area contributed by atoms with Gasteiger partial charge in [-0.2, -0.15) is 5.26 Å². The van der Waals surface area contributed by atoms with Crippen LogP contribution in [0.2, 0.25) is 5.02 Å². The largest absolute Gasteiger partial charge is 0.356 e. The highest BCUT2D eigenvalue weighted by atomic mass is 127. The zero-order valence-electron chi connectivity index (χ0n) is 13.7. The van der Waals surface area contributed by atoms with Gasteiger partial charge in [0.2, 0.25) is 0 Å². The van der Waals surface area contributed by atoms with E-state index in [4.69, 9.17) is 16.9 Å². The van der Waals surface area contributed by atoms with Gasteiger partial charge in [0.1, 0.15) is 5.82 Å². The lowest BCUT2D eigenvalue weighted by Gasteiger charge is -2.13. The Hall–Kier alpha value is -1.85. The summed E-state index contributed by atoms with van der Waals surface area (Å²) in [7, 11) is 1.65. The molecule has 2 aromatic rings. The molecular weight excluding hydrogens is 454 g/mol. The number of aliphatic imine (C=N–C) groups is 1. The maximum atomic E-state index is 13.8. The third kappa shape index (κ3) is 6.52. The quantitative estimate of drug-likeness (QED) is 0.394. The maximum Gasteiger partial charge on any atom is 0.191 e. The summed E-state index contributed by atoms with van der Waals surface area (Å²) >= 11 is 6.12. The van der Waals surface area contributed by atoms with Crippen LogP contribution in [0.5, 0.6) is 0 Å². The zero-order chi connectivity index (χ0) is 17.4. The van der Waals surface area contributed by atoms with E-state index < -0.39 is 0 Å². The van der Waals surface area contributed by atoms with Gasteiger partial charge in [-0.25, -0.2) is 4.39 Å². The molecule has 0 spiro atoms. The van der Waals surface area contributed by atoms with Gasteiger partial charge in [0, 0.05) is 30.7 Å². The fourth-order valence-electron chi connectivity index (χ4n) is 2.20. The Kier molecular flexibility index (Phi) is 9.24. The lowest BCUT2D eigenvalue weighted by molar-refractivity contribution is 0.604. The summed E-state index contributed by atoms with van der Waals surface area (Å²) in [5.41, 5.74) is 1.90. The van der Waals surface area contributed by atoms with Crippen molar-refractivity contribution in [3.63, 3.8) is 0 Å². The number of rotatable bonds is 5. The van der Waals surface area contributed by atoms with Crippen LogP contribution in [0.4, 0.5) is 4.39 Å². The second-order valence-electron chi connectivity index (χ2n) is 5.11. The fraction of sp³-hybridized carbons (Fsp3) is 0.222. The SMILES string of the molecule is CN=C(NCCc1ccccc1Cl)NCc1cc(C#N)ccc1F.I. The van der Waals surface area contributed by atoms with Crippen molar-refractivity contribution in [1.29, 1.82) is 5.26 Å². The topological polar surface area (TPSA) is 60.2 Å². The molecule has 0 aromatic heterocycles. The number of halogens is 3. The first-order valence-electron chi connectivity index (χ1n) is 7.50. The average molecular weight is 473 g/mol. The van der Waals surface area contributed by atoms with E-state index in [0.29, 0.717) is 23.6 Å². The van der Waals surface area contributed by atoms with Crippen molar-refractivity contribution >= 4 is 41.5 Å². The summed E-state index contributed by atoms with van der Waals surface area (Å²) in [4.78, 5) is 4.10. The Morgan fingerprint density at radius 1 is 1.20 bits per heavy atom. The Morgan fingerprint density at radius 3 is 2.64 bits per heavy atom. The summed E-state index contributed by atoms with van der Waals surface area (Å²) in [6.07, 6.45) is 0.749. The monoisotopic (exact) mass is 472 g/mol. The van der Waals surface area contributed by atoms with E-state index in [0.717, 1.165) is 17.0 Å². The van der Waals surface area contributed by atoms with Crippen molar-refractivity contribution < 1.29 is 4.39 Å². The molecule has 25 heavy (non-hydrogen) atoms. The van der Waals surface area contributed by atoms with Gasteiger partial charge >= 0.3 is 0 Å². The molecule has 0 saturated carbocycles. The number of nitrogens with zero attached hydrogens (tertiary/aromatic N) is 2. The number of nitrogens with one attached hydrogen (secondary N) is 2. The van der Waals surface area contributed by atoms with Crippen LogP contribution in [0.15, 0.2) is 47.5 Å². The Morgan fingerprint density at radius 2 is 1.96 bits per heavy atom. The molecule has 0 amide bonds. The number of nitriles is 1. The number of hydrogen-bond donors (Lipinski definition) is 2. The van der Waals surface area contributed by atoms with Crippen molar-refractivity contribution in [2.75, 3.05) is 13.6 Å². The van der Waals surface area contributed by atoms with E-state index in [1.807, 2.05) is 30.3 Å². The van der Waals surface area contributed by atoms with Crippen molar-refractivity contribution in [3.05, 3.63) is 70.0 Å². The summed E-state index contributed by atoms with van der Waals surface area (Å²) < 4.78 is 13.8. The molecule has 0 unspecified atom stereocenters. The third-order valence-corrected chi connectivity index (χ3v) is 3.86. The summed E-state index contributed by atoms with van der Waals surface area (Å²) in [5.74, 6) is 0.205. The molecule has 2 rings (SSSR count). The van der Waals surface area contributed by atoms with E-state index in [1.165, 1.54) is 18.2 Å². The van der Waals surface area contributed by atoms with Crippen LogP contribution in [0.1, 0.15) is 16.7 Å². The standard InChI is InChI=1S/C18H18ClFN4.HI/c1-22-18(23-9-8-14-4-2-3-5-16(14)19)24-12-15-10-13(11-21)6-7-17(15)20;/h2-7,10H,8-9,12H2,1H3,(H2,22,23,24);1H. The minimum Gasteiger partial charge on any atom is -0.356 e. The van der Waals surface area contributed by atoms with Crippen LogP contribution in [-0.4, -0.2) is 19.6 Å². The average Bonchev–Trinajstić information content (AvgIpc) is 2.60. The molecule has 4 nitrogen and oxygen atoms in total. The second kappa shape index (κ2) is 10.9. The highest BCUT2D eigenvalue weighted by Crippen LogP contribution is 2.14. The minimum atomic E-state index is -0.354. The molecule has 2 N–H and O–H groups in total. The predicted molar refractivity (Wildman–Crippen MR) is 110 cm³/mol. The maximum absolute atomic E-state index is 13.8. The van der Waals surface area contributed by atoms with Gasteiger partial charge in [-0.1, -0.05) is 29.8 Å². The number of benzene rings is 2. The molecular formula is C18H19ClFIN4. The summed E-state index contributed by atoms with van der Waals surface area (Å²) in [5, 5.41) is 15.8. The molecule has 0 aliphatic rings. The van der Waals surface area contributed by atoms with Crippen LogP contribution < -0.4 is 10.6 Å². The van der Waals surface area contributed by atoms with E-state index in [-0.39, 0.29) is 36.3 Å². The van der Waals surface area contributed by atoms with Crippen molar-refractivity contribution in [2.45, 2.75) is 13.0 Å². The van der Waals surface area contributed by atoms with Crippen LogP contribution in [0, 0.1) is 17.1 Å². The smallest absolute Gasteiger partial charge is 0.191 e. The van der Waals surface area contributed by atoms with Gasteiger partial charge in [0.25, 0.3) is 0 Å². The molecule has 0 aliphatic heterocycles. The van der Waals surface area contributed by atoms with E-state index in [9.17, 15) is 4.39 Å². The molecule has 0 heterocycles. The van der Waals surface area contributed by atoms with Gasteiger partial charge in [0.15, 0.2) is 5.96 Å². The first-order valence-corrected chi connectivity index (χ1v) is 7.88. The van der Waals surface area contributed by atoms with Crippen molar-refractivity contribution in [1.82, 2.24) is 10.6 Å². The first kappa shape index (κ1) is 21.2. The highest BCUT2D eigenvalue weighted by Gasteiger charge is 2.05. The Bertz CT molecular complexity index is 774. The third-order valence-electron chi connectivity index (χ3n) is 3.49. The van der Waals surface area contributed by atoms with E-state index in [1.54, 1.807) is 7.05 Å². The Labute approximate surface area is 169 Å². The predicted octanol–water partition coefficient (Wildman–Crippen LogP) is 3.88. The zero-order valence-corrected chi connectivity index (χ0v) is 16.8. The number of guanidine groups is 1. The molecule has 0 radical (unpaired) electrons. The van der Waals surface area contributed by atoms with Crippen LogP contribution in [-0.2, 0) is 13.0 Å². The lowest BCUT2D eigenvalue weighted by atomic mass is 10.1. The molecule has 0 fully saturated rings. The van der Waals surface area contributed by atoms with Gasteiger partial charge in [0.05, 0.1) is 11.6 Å².